The number of anilines is 1. The molecule has 4 rings (SSSR count). The number of oxazole rings is 1. The number of hydrogen-bond donors (Lipinski definition) is 1. The summed E-state index contributed by atoms with van der Waals surface area (Å²) in [5.41, 5.74) is 0.208. The number of carbonyl (C=O) groups is 2. The number of likely N-dealkylation sites (N-methyl/N-ethyl adjacent to an activating group) is 1. The lowest BCUT2D eigenvalue weighted by Gasteiger charge is -2.31. The molecule has 10 nitrogen and oxygen atoms in total. The van der Waals surface area contributed by atoms with Gasteiger partial charge in [0.25, 0.3) is 11.8 Å². The number of furan rings is 1. The summed E-state index contributed by atoms with van der Waals surface area (Å²) in [7, 11) is 3.42. The van der Waals surface area contributed by atoms with Crippen LogP contribution in [-0.2, 0) is 14.3 Å². The number of piperidine rings is 1. The molecule has 2 aliphatic rings. The summed E-state index contributed by atoms with van der Waals surface area (Å²) in [6, 6.07) is 5.52. The van der Waals surface area contributed by atoms with E-state index < -0.39 is 6.10 Å². The number of carbonyl (C=O) groups excluding carboxylic acids is 2. The van der Waals surface area contributed by atoms with Crippen molar-refractivity contribution in [3.05, 3.63) is 24.1 Å². The number of nitriles is 1. The third kappa shape index (κ3) is 4.62. The fourth-order valence-electron chi connectivity index (χ4n) is 4.13. The molecule has 2 fully saturated rings. The zero-order chi connectivity index (χ0) is 22.7. The second-order valence-corrected chi connectivity index (χ2v) is 8.33. The van der Waals surface area contributed by atoms with Crippen LogP contribution in [0.2, 0.25) is 0 Å². The SMILES string of the molecule is CN(C)C(=O)C1CCC(CNC(=O)C2CCN(c3oc(-c4ccco4)nc3C#N)CC2)O1. The Morgan fingerprint density at radius 2 is 2.06 bits per heavy atom. The van der Waals surface area contributed by atoms with Crippen LogP contribution in [0.25, 0.3) is 11.7 Å². The van der Waals surface area contributed by atoms with Gasteiger partial charge in [0.1, 0.15) is 12.2 Å². The Kier molecular flexibility index (Phi) is 6.46. The summed E-state index contributed by atoms with van der Waals surface area (Å²) >= 11 is 0. The number of amides is 2. The Balaban J connectivity index is 1.27. The van der Waals surface area contributed by atoms with Gasteiger partial charge in [-0.3, -0.25) is 9.59 Å². The Morgan fingerprint density at radius 1 is 1.28 bits per heavy atom. The highest BCUT2D eigenvalue weighted by molar-refractivity contribution is 5.81. The van der Waals surface area contributed by atoms with E-state index in [1.54, 1.807) is 26.2 Å². The first-order valence-corrected chi connectivity index (χ1v) is 10.8. The summed E-state index contributed by atoms with van der Waals surface area (Å²) in [4.78, 5) is 32.3. The molecule has 10 heteroatoms. The van der Waals surface area contributed by atoms with E-state index in [1.807, 2.05) is 4.90 Å². The predicted molar refractivity (Wildman–Crippen MR) is 113 cm³/mol. The van der Waals surface area contributed by atoms with Crippen molar-refractivity contribution in [3.63, 3.8) is 0 Å². The zero-order valence-corrected chi connectivity index (χ0v) is 18.2. The van der Waals surface area contributed by atoms with Crippen molar-refractivity contribution in [2.45, 2.75) is 37.9 Å². The highest BCUT2D eigenvalue weighted by Gasteiger charge is 2.33. The largest absolute Gasteiger partial charge is 0.459 e. The molecule has 2 aliphatic heterocycles. The summed E-state index contributed by atoms with van der Waals surface area (Å²) in [5.74, 6) is 0.976. The van der Waals surface area contributed by atoms with E-state index in [4.69, 9.17) is 13.6 Å². The fourth-order valence-corrected chi connectivity index (χ4v) is 4.13. The molecule has 0 bridgehead atoms. The highest BCUT2D eigenvalue weighted by atomic mass is 16.5. The van der Waals surface area contributed by atoms with Crippen LogP contribution < -0.4 is 10.2 Å². The van der Waals surface area contributed by atoms with Crippen molar-refractivity contribution in [1.82, 2.24) is 15.2 Å². The molecule has 4 heterocycles. The molecule has 1 N–H and O–H groups in total. The van der Waals surface area contributed by atoms with Crippen molar-refractivity contribution in [3.8, 4) is 17.7 Å². The van der Waals surface area contributed by atoms with Gasteiger partial charge in [0.2, 0.25) is 17.5 Å². The molecule has 0 saturated carbocycles. The van der Waals surface area contributed by atoms with Crippen molar-refractivity contribution in [2.24, 2.45) is 5.92 Å². The smallest absolute Gasteiger partial charge is 0.266 e. The molecule has 2 saturated heterocycles. The average molecular weight is 441 g/mol. The lowest BCUT2D eigenvalue weighted by atomic mass is 9.96. The maximum Gasteiger partial charge on any atom is 0.266 e. The van der Waals surface area contributed by atoms with Crippen molar-refractivity contribution >= 4 is 17.7 Å². The second-order valence-electron chi connectivity index (χ2n) is 8.33. The Labute approximate surface area is 186 Å². The standard InChI is InChI=1S/C22H27N5O5/c1-26(2)21(29)18-6-5-15(31-18)13-24-19(28)14-7-9-27(10-8-14)22-16(12-23)25-20(32-22)17-4-3-11-30-17/h3-4,11,14-15,18H,5-10,13H2,1-2H3,(H,24,28). The minimum absolute atomic E-state index is 0.00927. The lowest BCUT2D eigenvalue weighted by molar-refractivity contribution is -0.140. The van der Waals surface area contributed by atoms with Gasteiger partial charge in [-0.2, -0.15) is 10.2 Å². The molecule has 2 aromatic heterocycles. The molecule has 2 unspecified atom stereocenters. The zero-order valence-electron chi connectivity index (χ0n) is 18.2. The topological polar surface area (TPSA) is 125 Å². The van der Waals surface area contributed by atoms with Crippen LogP contribution >= 0.6 is 0 Å². The molecule has 0 aromatic carbocycles. The average Bonchev–Trinajstić information content (AvgIpc) is 3.57. The van der Waals surface area contributed by atoms with E-state index in [-0.39, 0.29) is 35.4 Å². The predicted octanol–water partition coefficient (Wildman–Crippen LogP) is 1.77. The van der Waals surface area contributed by atoms with Gasteiger partial charge in [0.05, 0.1) is 12.4 Å². The summed E-state index contributed by atoms with van der Waals surface area (Å²) in [6.45, 7) is 1.57. The van der Waals surface area contributed by atoms with E-state index in [9.17, 15) is 14.9 Å². The van der Waals surface area contributed by atoms with Gasteiger partial charge >= 0.3 is 0 Å². The Morgan fingerprint density at radius 3 is 2.72 bits per heavy atom. The summed E-state index contributed by atoms with van der Waals surface area (Å²) in [5, 5.41) is 12.4. The minimum Gasteiger partial charge on any atom is -0.459 e. The van der Waals surface area contributed by atoms with Crippen LogP contribution in [0.1, 0.15) is 31.4 Å². The first kappa shape index (κ1) is 21.9. The van der Waals surface area contributed by atoms with Crippen LogP contribution in [0.5, 0.6) is 0 Å². The normalized spacial score (nSPS) is 21.3. The van der Waals surface area contributed by atoms with E-state index in [0.29, 0.717) is 50.5 Å². The van der Waals surface area contributed by atoms with Gasteiger partial charge < -0.3 is 28.7 Å². The number of rotatable bonds is 6. The van der Waals surface area contributed by atoms with Crippen molar-refractivity contribution in [1.29, 1.82) is 5.26 Å². The summed E-state index contributed by atoms with van der Waals surface area (Å²) < 4.78 is 16.9. The Hall–Kier alpha value is -3.32. The quantitative estimate of drug-likeness (QED) is 0.719. The number of aromatic nitrogens is 1. The Bertz CT molecular complexity index is 985. The van der Waals surface area contributed by atoms with Gasteiger partial charge in [-0.05, 0) is 37.8 Å². The molecule has 170 valence electrons. The van der Waals surface area contributed by atoms with Gasteiger partial charge in [0.15, 0.2) is 5.76 Å². The van der Waals surface area contributed by atoms with Gasteiger partial charge in [-0.1, -0.05) is 0 Å². The van der Waals surface area contributed by atoms with Gasteiger partial charge in [-0.25, -0.2) is 0 Å². The fraction of sp³-hybridized carbons (Fsp3) is 0.545. The molecule has 2 amide bonds. The van der Waals surface area contributed by atoms with E-state index in [1.165, 1.54) is 11.2 Å². The highest BCUT2D eigenvalue weighted by Crippen LogP contribution is 2.31. The number of ether oxygens (including phenoxy) is 1. The van der Waals surface area contributed by atoms with Crippen LogP contribution in [0.3, 0.4) is 0 Å². The lowest BCUT2D eigenvalue weighted by Crippen LogP contribution is -2.43. The second kappa shape index (κ2) is 9.44. The maximum absolute atomic E-state index is 12.6. The van der Waals surface area contributed by atoms with Crippen LogP contribution in [-0.4, -0.2) is 67.6 Å². The molecule has 32 heavy (non-hydrogen) atoms. The van der Waals surface area contributed by atoms with Gasteiger partial charge in [0, 0.05) is 39.6 Å². The molecule has 0 aliphatic carbocycles. The van der Waals surface area contributed by atoms with E-state index in [0.717, 1.165) is 6.42 Å². The third-order valence-electron chi connectivity index (χ3n) is 5.93. The molecule has 0 radical (unpaired) electrons. The maximum atomic E-state index is 12.6. The number of nitrogens with zero attached hydrogens (tertiary/aromatic N) is 4. The molecule has 0 spiro atoms. The third-order valence-corrected chi connectivity index (χ3v) is 5.93. The van der Waals surface area contributed by atoms with Gasteiger partial charge in [-0.15, -0.1) is 0 Å². The number of nitrogens with one attached hydrogen (secondary N) is 1. The summed E-state index contributed by atoms with van der Waals surface area (Å²) in [6.07, 6.45) is 3.67. The molecule has 2 aromatic rings. The van der Waals surface area contributed by atoms with Crippen LogP contribution in [0.15, 0.2) is 27.2 Å². The molecular formula is C22H27N5O5. The molecular weight excluding hydrogens is 414 g/mol. The van der Waals surface area contributed by atoms with Crippen molar-refractivity contribution in [2.75, 3.05) is 38.6 Å². The van der Waals surface area contributed by atoms with Crippen LogP contribution in [0.4, 0.5) is 5.88 Å². The van der Waals surface area contributed by atoms with E-state index in [2.05, 4.69) is 16.4 Å². The minimum atomic E-state index is -0.419. The first-order chi connectivity index (χ1) is 15.5. The van der Waals surface area contributed by atoms with Crippen molar-refractivity contribution < 1.29 is 23.2 Å². The first-order valence-electron chi connectivity index (χ1n) is 10.8. The number of hydrogen-bond acceptors (Lipinski definition) is 8. The monoisotopic (exact) mass is 441 g/mol. The van der Waals surface area contributed by atoms with E-state index >= 15 is 0 Å². The van der Waals surface area contributed by atoms with Crippen LogP contribution in [0, 0.1) is 17.2 Å². The molecule has 2 atom stereocenters.